The molecule has 4 N–H and O–H groups in total. The number of H-pyrrole nitrogens is 1. The summed E-state index contributed by atoms with van der Waals surface area (Å²) < 4.78 is 0. The molecular weight excluding hydrogens is 178 g/mol. The molecule has 4 heteroatoms. The van der Waals surface area contributed by atoms with Gasteiger partial charge in [0, 0.05) is 18.9 Å². The van der Waals surface area contributed by atoms with Gasteiger partial charge in [0.15, 0.2) is 0 Å². The molecule has 0 spiro atoms. The lowest BCUT2D eigenvalue weighted by Gasteiger charge is -2.17. The number of anilines is 1. The van der Waals surface area contributed by atoms with E-state index in [1.54, 1.807) is 12.4 Å². The smallest absolute Gasteiger partial charge is 0.229 e. The number of hydrogen-bond donors (Lipinski definition) is 3. The van der Waals surface area contributed by atoms with E-state index in [2.05, 4.69) is 10.3 Å². The second-order valence-corrected chi connectivity index (χ2v) is 3.68. The summed E-state index contributed by atoms with van der Waals surface area (Å²) in [6, 6.07) is 1.81. The van der Waals surface area contributed by atoms with E-state index in [-0.39, 0.29) is 17.7 Å². The van der Waals surface area contributed by atoms with Gasteiger partial charge >= 0.3 is 0 Å². The zero-order valence-corrected chi connectivity index (χ0v) is 8.58. The molecule has 0 aliphatic rings. The molecule has 0 fully saturated rings. The van der Waals surface area contributed by atoms with Crippen LogP contribution >= 0.6 is 0 Å². The highest BCUT2D eigenvalue weighted by Crippen LogP contribution is 2.13. The highest BCUT2D eigenvalue weighted by atomic mass is 16.1. The van der Waals surface area contributed by atoms with Gasteiger partial charge in [-0.1, -0.05) is 13.8 Å². The largest absolute Gasteiger partial charge is 0.366 e. The Kier molecular flexibility index (Phi) is 3.71. The number of nitrogens with two attached hydrogens (primary N) is 1. The highest BCUT2D eigenvalue weighted by molar-refractivity contribution is 5.92. The standard InChI is InChI=1S/C10H17N3O/c1-7(2)9(5-11)10(14)13-8-3-4-12-6-8/h3-4,6-7,9,12H,5,11H2,1-2H3,(H,13,14). The SMILES string of the molecule is CC(C)C(CN)C(=O)Nc1cc[nH]c1. The van der Waals surface area contributed by atoms with Crippen molar-refractivity contribution in [3.8, 4) is 0 Å². The highest BCUT2D eigenvalue weighted by Gasteiger charge is 2.20. The predicted molar refractivity (Wildman–Crippen MR) is 56.8 cm³/mol. The van der Waals surface area contributed by atoms with Gasteiger partial charge in [0.2, 0.25) is 5.91 Å². The zero-order valence-electron chi connectivity index (χ0n) is 8.58. The van der Waals surface area contributed by atoms with Gasteiger partial charge in [0.1, 0.15) is 0 Å². The van der Waals surface area contributed by atoms with Crippen LogP contribution in [-0.4, -0.2) is 17.4 Å². The molecular formula is C10H17N3O. The first-order chi connectivity index (χ1) is 6.65. The van der Waals surface area contributed by atoms with Crippen LogP contribution in [0.4, 0.5) is 5.69 Å². The Bertz CT molecular complexity index is 280. The molecule has 0 saturated carbocycles. The van der Waals surface area contributed by atoms with Crippen molar-refractivity contribution in [2.24, 2.45) is 17.6 Å². The Morgan fingerprint density at radius 1 is 1.64 bits per heavy atom. The van der Waals surface area contributed by atoms with E-state index >= 15 is 0 Å². The van der Waals surface area contributed by atoms with Gasteiger partial charge in [-0.25, -0.2) is 0 Å². The molecule has 1 atom stereocenters. The summed E-state index contributed by atoms with van der Waals surface area (Å²) in [4.78, 5) is 14.6. The number of nitrogens with one attached hydrogen (secondary N) is 2. The molecule has 1 unspecified atom stereocenters. The summed E-state index contributed by atoms with van der Waals surface area (Å²) >= 11 is 0. The third-order valence-corrected chi connectivity index (χ3v) is 2.26. The average Bonchev–Trinajstić information content (AvgIpc) is 2.57. The number of carbonyl (C=O) groups is 1. The third kappa shape index (κ3) is 2.60. The Hall–Kier alpha value is -1.29. The van der Waals surface area contributed by atoms with Gasteiger partial charge in [-0.3, -0.25) is 4.79 Å². The van der Waals surface area contributed by atoms with Crippen molar-refractivity contribution >= 4 is 11.6 Å². The van der Waals surface area contributed by atoms with Crippen molar-refractivity contribution in [2.45, 2.75) is 13.8 Å². The van der Waals surface area contributed by atoms with E-state index in [0.29, 0.717) is 6.54 Å². The molecule has 0 bridgehead atoms. The van der Waals surface area contributed by atoms with E-state index in [0.717, 1.165) is 5.69 Å². The lowest BCUT2D eigenvalue weighted by Crippen LogP contribution is -2.32. The van der Waals surface area contributed by atoms with Gasteiger partial charge in [0.25, 0.3) is 0 Å². The number of carbonyl (C=O) groups excluding carboxylic acids is 1. The minimum atomic E-state index is -0.120. The second-order valence-electron chi connectivity index (χ2n) is 3.68. The quantitative estimate of drug-likeness (QED) is 0.675. The molecule has 1 aromatic heterocycles. The van der Waals surface area contributed by atoms with E-state index < -0.39 is 0 Å². The number of rotatable bonds is 4. The van der Waals surface area contributed by atoms with Crippen molar-refractivity contribution in [3.05, 3.63) is 18.5 Å². The number of aromatic nitrogens is 1. The molecule has 0 saturated heterocycles. The Labute approximate surface area is 83.9 Å². The van der Waals surface area contributed by atoms with Crippen molar-refractivity contribution < 1.29 is 4.79 Å². The van der Waals surface area contributed by atoms with Crippen molar-refractivity contribution in [1.82, 2.24) is 4.98 Å². The summed E-state index contributed by atoms with van der Waals surface area (Å²) in [5.74, 6) is 0.131. The van der Waals surface area contributed by atoms with Gasteiger partial charge in [-0.05, 0) is 12.0 Å². The molecule has 0 aliphatic carbocycles. The first kappa shape index (κ1) is 10.8. The number of amides is 1. The maximum atomic E-state index is 11.7. The normalized spacial score (nSPS) is 12.9. The van der Waals surface area contributed by atoms with Gasteiger partial charge in [-0.2, -0.15) is 0 Å². The van der Waals surface area contributed by atoms with E-state index in [1.165, 1.54) is 0 Å². The van der Waals surface area contributed by atoms with Crippen molar-refractivity contribution in [2.75, 3.05) is 11.9 Å². The molecule has 0 aliphatic heterocycles. The summed E-state index contributed by atoms with van der Waals surface area (Å²) in [7, 11) is 0. The maximum absolute atomic E-state index is 11.7. The molecule has 1 amide bonds. The molecule has 4 nitrogen and oxygen atoms in total. The summed E-state index contributed by atoms with van der Waals surface area (Å²) in [6.07, 6.45) is 3.51. The van der Waals surface area contributed by atoms with Crippen LogP contribution in [0.5, 0.6) is 0 Å². The van der Waals surface area contributed by atoms with Gasteiger partial charge in [-0.15, -0.1) is 0 Å². The summed E-state index contributed by atoms with van der Waals surface area (Å²) in [5.41, 5.74) is 6.32. The fourth-order valence-corrected chi connectivity index (χ4v) is 1.32. The van der Waals surface area contributed by atoms with Crippen LogP contribution in [0.25, 0.3) is 0 Å². The topological polar surface area (TPSA) is 70.9 Å². The van der Waals surface area contributed by atoms with Crippen molar-refractivity contribution in [3.63, 3.8) is 0 Å². The average molecular weight is 195 g/mol. The minimum absolute atomic E-state index is 0.0119. The number of hydrogen-bond acceptors (Lipinski definition) is 2. The molecule has 0 aromatic carbocycles. The van der Waals surface area contributed by atoms with E-state index in [4.69, 9.17) is 5.73 Å². The van der Waals surface area contributed by atoms with Crippen LogP contribution in [0.1, 0.15) is 13.8 Å². The maximum Gasteiger partial charge on any atom is 0.229 e. The minimum Gasteiger partial charge on any atom is -0.366 e. The molecule has 1 aromatic rings. The van der Waals surface area contributed by atoms with Crippen LogP contribution < -0.4 is 11.1 Å². The van der Waals surface area contributed by atoms with Crippen molar-refractivity contribution in [1.29, 1.82) is 0 Å². The Balaban J connectivity index is 2.56. The fourth-order valence-electron chi connectivity index (χ4n) is 1.32. The van der Waals surface area contributed by atoms with Gasteiger partial charge < -0.3 is 16.0 Å². The summed E-state index contributed by atoms with van der Waals surface area (Å²) in [6.45, 7) is 4.37. The van der Waals surface area contributed by atoms with Crippen LogP contribution in [-0.2, 0) is 4.79 Å². The zero-order chi connectivity index (χ0) is 10.6. The second kappa shape index (κ2) is 4.81. The van der Waals surface area contributed by atoms with Crippen LogP contribution in [0, 0.1) is 11.8 Å². The van der Waals surface area contributed by atoms with Crippen LogP contribution in [0.2, 0.25) is 0 Å². The third-order valence-electron chi connectivity index (χ3n) is 2.26. The first-order valence-corrected chi connectivity index (χ1v) is 4.79. The van der Waals surface area contributed by atoms with Crippen LogP contribution in [0.15, 0.2) is 18.5 Å². The van der Waals surface area contributed by atoms with Crippen LogP contribution in [0.3, 0.4) is 0 Å². The Morgan fingerprint density at radius 2 is 2.36 bits per heavy atom. The lowest BCUT2D eigenvalue weighted by molar-refractivity contribution is -0.120. The first-order valence-electron chi connectivity index (χ1n) is 4.79. The monoisotopic (exact) mass is 195 g/mol. The molecule has 1 heterocycles. The molecule has 0 radical (unpaired) electrons. The molecule has 14 heavy (non-hydrogen) atoms. The van der Waals surface area contributed by atoms with E-state index in [1.807, 2.05) is 19.9 Å². The van der Waals surface area contributed by atoms with E-state index in [9.17, 15) is 4.79 Å². The fraction of sp³-hybridized carbons (Fsp3) is 0.500. The predicted octanol–water partition coefficient (Wildman–Crippen LogP) is 1.18. The van der Waals surface area contributed by atoms with Gasteiger partial charge in [0.05, 0.1) is 11.6 Å². The number of aromatic amines is 1. The lowest BCUT2D eigenvalue weighted by atomic mass is 9.95. The molecule has 1 rings (SSSR count). The Morgan fingerprint density at radius 3 is 2.79 bits per heavy atom. The molecule has 78 valence electrons. The summed E-state index contributed by atoms with van der Waals surface area (Å²) in [5, 5.41) is 2.80.